The Hall–Kier alpha value is -1.89. The fourth-order valence-electron chi connectivity index (χ4n) is 2.47. The van der Waals surface area contributed by atoms with Crippen molar-refractivity contribution in [3.63, 3.8) is 0 Å². The van der Waals surface area contributed by atoms with E-state index in [1.165, 1.54) is 0 Å². The standard InChI is InChI=1S/C14H18N2O2/c1-10-11(9-15)6-7-16(10)13-5-4-12(17-2)8-14(13)18-3/h4-5,8,10-11H,6-7H2,1-3H3. The largest absolute Gasteiger partial charge is 0.497 e. The van der Waals surface area contributed by atoms with Crippen LogP contribution in [0.3, 0.4) is 0 Å². The predicted molar refractivity (Wildman–Crippen MR) is 70.1 cm³/mol. The van der Waals surface area contributed by atoms with E-state index < -0.39 is 0 Å². The van der Waals surface area contributed by atoms with Crippen LogP contribution in [0.5, 0.6) is 11.5 Å². The fraction of sp³-hybridized carbons (Fsp3) is 0.500. The van der Waals surface area contributed by atoms with Crippen LogP contribution in [-0.4, -0.2) is 26.8 Å². The molecule has 4 nitrogen and oxygen atoms in total. The highest BCUT2D eigenvalue weighted by atomic mass is 16.5. The molecular formula is C14H18N2O2. The molecule has 1 aromatic rings. The van der Waals surface area contributed by atoms with Gasteiger partial charge < -0.3 is 14.4 Å². The second-order valence-electron chi connectivity index (χ2n) is 4.50. The number of hydrogen-bond donors (Lipinski definition) is 0. The Bertz CT molecular complexity index is 467. The molecule has 1 aromatic carbocycles. The summed E-state index contributed by atoms with van der Waals surface area (Å²) in [7, 11) is 3.29. The zero-order valence-electron chi connectivity index (χ0n) is 11.0. The van der Waals surface area contributed by atoms with Gasteiger partial charge in [0.1, 0.15) is 11.5 Å². The van der Waals surface area contributed by atoms with Crippen molar-refractivity contribution >= 4 is 5.69 Å². The minimum atomic E-state index is 0.0943. The maximum absolute atomic E-state index is 9.08. The van der Waals surface area contributed by atoms with Crippen LogP contribution in [0.2, 0.25) is 0 Å². The first-order valence-electron chi connectivity index (χ1n) is 6.09. The Balaban J connectivity index is 2.31. The van der Waals surface area contributed by atoms with E-state index in [9.17, 15) is 0 Å². The molecule has 1 fully saturated rings. The number of nitrogens with zero attached hydrogens (tertiary/aromatic N) is 2. The van der Waals surface area contributed by atoms with E-state index in [1.54, 1.807) is 14.2 Å². The summed E-state index contributed by atoms with van der Waals surface area (Å²) in [6.07, 6.45) is 0.910. The summed E-state index contributed by atoms with van der Waals surface area (Å²) in [5, 5.41) is 9.08. The minimum Gasteiger partial charge on any atom is -0.497 e. The fourth-order valence-corrected chi connectivity index (χ4v) is 2.47. The first-order valence-corrected chi connectivity index (χ1v) is 6.09. The summed E-state index contributed by atoms with van der Waals surface area (Å²) in [4.78, 5) is 2.23. The molecule has 0 amide bonds. The maximum Gasteiger partial charge on any atom is 0.145 e. The van der Waals surface area contributed by atoms with Crippen LogP contribution in [0.25, 0.3) is 0 Å². The molecule has 2 rings (SSSR count). The Morgan fingerprint density at radius 2 is 2.11 bits per heavy atom. The number of nitriles is 1. The smallest absolute Gasteiger partial charge is 0.145 e. The highest BCUT2D eigenvalue weighted by molar-refractivity contribution is 5.62. The number of methoxy groups -OCH3 is 2. The summed E-state index contributed by atoms with van der Waals surface area (Å²) in [5.74, 6) is 1.66. The van der Waals surface area contributed by atoms with Gasteiger partial charge in [0.15, 0.2) is 0 Å². The SMILES string of the molecule is COc1ccc(N2CCC(C#N)C2C)c(OC)c1. The van der Waals surface area contributed by atoms with E-state index >= 15 is 0 Å². The number of benzene rings is 1. The molecule has 1 saturated heterocycles. The van der Waals surface area contributed by atoms with E-state index in [2.05, 4.69) is 17.9 Å². The third kappa shape index (κ3) is 2.08. The lowest BCUT2D eigenvalue weighted by Crippen LogP contribution is -2.29. The molecule has 0 aliphatic carbocycles. The second-order valence-corrected chi connectivity index (χ2v) is 4.50. The molecular weight excluding hydrogens is 228 g/mol. The zero-order valence-corrected chi connectivity index (χ0v) is 11.0. The lowest BCUT2D eigenvalue weighted by molar-refractivity contribution is 0.394. The topological polar surface area (TPSA) is 45.5 Å². The average Bonchev–Trinajstić information content (AvgIpc) is 2.78. The molecule has 18 heavy (non-hydrogen) atoms. The van der Waals surface area contributed by atoms with Gasteiger partial charge in [-0.05, 0) is 25.5 Å². The molecule has 1 aliphatic rings. The molecule has 2 atom stereocenters. The van der Waals surface area contributed by atoms with E-state index in [4.69, 9.17) is 14.7 Å². The highest BCUT2D eigenvalue weighted by Gasteiger charge is 2.32. The maximum atomic E-state index is 9.08. The van der Waals surface area contributed by atoms with Crippen molar-refractivity contribution in [2.24, 2.45) is 5.92 Å². The molecule has 1 heterocycles. The minimum absolute atomic E-state index is 0.0943. The Morgan fingerprint density at radius 1 is 1.33 bits per heavy atom. The van der Waals surface area contributed by atoms with E-state index in [0.717, 1.165) is 30.2 Å². The van der Waals surface area contributed by atoms with Crippen molar-refractivity contribution in [1.29, 1.82) is 5.26 Å². The van der Waals surface area contributed by atoms with Crippen LogP contribution in [-0.2, 0) is 0 Å². The van der Waals surface area contributed by atoms with Crippen LogP contribution in [0.4, 0.5) is 5.69 Å². The number of ether oxygens (including phenoxy) is 2. The third-order valence-corrected chi connectivity index (χ3v) is 3.62. The summed E-state index contributed by atoms with van der Waals surface area (Å²) in [6.45, 7) is 2.98. The van der Waals surface area contributed by atoms with E-state index in [0.29, 0.717) is 0 Å². The Labute approximate surface area is 108 Å². The first kappa shape index (κ1) is 12.6. The molecule has 4 heteroatoms. The first-order chi connectivity index (χ1) is 8.71. The van der Waals surface area contributed by atoms with Crippen molar-refractivity contribution in [3.05, 3.63) is 18.2 Å². The van der Waals surface area contributed by atoms with Crippen LogP contribution >= 0.6 is 0 Å². The summed E-state index contributed by atoms with van der Waals surface area (Å²) in [5.41, 5.74) is 1.03. The number of anilines is 1. The molecule has 0 radical (unpaired) electrons. The summed E-state index contributed by atoms with van der Waals surface area (Å²) < 4.78 is 10.6. The summed E-state index contributed by atoms with van der Waals surface area (Å²) >= 11 is 0. The van der Waals surface area contributed by atoms with Crippen molar-refractivity contribution in [2.45, 2.75) is 19.4 Å². The molecule has 0 saturated carbocycles. The lowest BCUT2D eigenvalue weighted by atomic mass is 10.0. The number of rotatable bonds is 3. The van der Waals surface area contributed by atoms with Crippen molar-refractivity contribution in [3.8, 4) is 17.6 Å². The third-order valence-electron chi connectivity index (χ3n) is 3.62. The van der Waals surface area contributed by atoms with Crippen LogP contribution in [0.1, 0.15) is 13.3 Å². The predicted octanol–water partition coefficient (Wildman–Crippen LogP) is 2.44. The molecule has 96 valence electrons. The van der Waals surface area contributed by atoms with Crippen molar-refractivity contribution < 1.29 is 9.47 Å². The van der Waals surface area contributed by atoms with Gasteiger partial charge in [0, 0.05) is 18.7 Å². The van der Waals surface area contributed by atoms with Gasteiger partial charge in [-0.1, -0.05) is 0 Å². The Morgan fingerprint density at radius 3 is 2.67 bits per heavy atom. The van der Waals surface area contributed by atoms with Gasteiger partial charge in [0.2, 0.25) is 0 Å². The van der Waals surface area contributed by atoms with Gasteiger partial charge in [0.25, 0.3) is 0 Å². The molecule has 0 spiro atoms. The molecule has 0 N–H and O–H groups in total. The highest BCUT2D eigenvalue weighted by Crippen LogP contribution is 2.37. The van der Waals surface area contributed by atoms with Gasteiger partial charge in [-0.2, -0.15) is 5.26 Å². The quantitative estimate of drug-likeness (QED) is 0.821. The molecule has 2 unspecified atom stereocenters. The average molecular weight is 246 g/mol. The van der Waals surface area contributed by atoms with Gasteiger partial charge in [-0.25, -0.2) is 0 Å². The second kappa shape index (κ2) is 5.18. The van der Waals surface area contributed by atoms with Crippen LogP contribution in [0.15, 0.2) is 18.2 Å². The molecule has 0 aromatic heterocycles. The monoisotopic (exact) mass is 246 g/mol. The van der Waals surface area contributed by atoms with E-state index in [-0.39, 0.29) is 12.0 Å². The summed E-state index contributed by atoms with van der Waals surface area (Å²) in [6, 6.07) is 8.38. The van der Waals surface area contributed by atoms with Crippen LogP contribution < -0.4 is 14.4 Å². The van der Waals surface area contributed by atoms with Gasteiger partial charge in [-0.3, -0.25) is 0 Å². The van der Waals surface area contributed by atoms with Crippen molar-refractivity contribution in [1.82, 2.24) is 0 Å². The van der Waals surface area contributed by atoms with Crippen LogP contribution in [0, 0.1) is 17.2 Å². The lowest BCUT2D eigenvalue weighted by Gasteiger charge is -2.26. The van der Waals surface area contributed by atoms with E-state index in [1.807, 2.05) is 18.2 Å². The van der Waals surface area contributed by atoms with Gasteiger partial charge in [0.05, 0.1) is 31.9 Å². The van der Waals surface area contributed by atoms with Gasteiger partial charge in [-0.15, -0.1) is 0 Å². The molecule has 1 aliphatic heterocycles. The number of hydrogen-bond acceptors (Lipinski definition) is 4. The zero-order chi connectivity index (χ0) is 13.1. The van der Waals surface area contributed by atoms with Gasteiger partial charge >= 0.3 is 0 Å². The molecule has 0 bridgehead atoms. The van der Waals surface area contributed by atoms with Crippen molar-refractivity contribution in [2.75, 3.05) is 25.7 Å². The normalized spacial score (nSPS) is 22.7. The Kier molecular flexibility index (Phi) is 3.61.